The van der Waals surface area contributed by atoms with Crippen LogP contribution < -0.4 is 5.32 Å². The first-order valence-corrected chi connectivity index (χ1v) is 10.9. The number of para-hydroxylation sites is 1. The summed E-state index contributed by atoms with van der Waals surface area (Å²) in [5.74, 6) is -0.845. The van der Waals surface area contributed by atoms with E-state index in [0.717, 1.165) is 5.56 Å². The van der Waals surface area contributed by atoms with Gasteiger partial charge < -0.3 is 15.2 Å². The normalized spacial score (nSPS) is 10.7. The number of esters is 1. The van der Waals surface area contributed by atoms with E-state index in [1.54, 1.807) is 38.1 Å². The van der Waals surface area contributed by atoms with Gasteiger partial charge in [-0.1, -0.05) is 42.5 Å². The van der Waals surface area contributed by atoms with Crippen molar-refractivity contribution in [3.63, 3.8) is 0 Å². The lowest BCUT2D eigenvalue weighted by atomic mass is 10.0. The molecule has 4 aromatic rings. The van der Waals surface area contributed by atoms with Gasteiger partial charge in [-0.05, 0) is 37.1 Å². The van der Waals surface area contributed by atoms with Crippen molar-refractivity contribution in [2.45, 2.75) is 13.8 Å². The fourth-order valence-electron chi connectivity index (χ4n) is 3.30. The number of nitrogens with one attached hydrogen (secondary N) is 2. The maximum Gasteiger partial charge on any atom is 0.341 e. The van der Waals surface area contributed by atoms with Gasteiger partial charge in [-0.2, -0.15) is 5.10 Å². The SMILES string of the molecule is CCOC(=O)c1c(-c2ccccc2)csc1NC(=O)c1cc(-c2cccc(C)c2O)n[nH]1. The van der Waals surface area contributed by atoms with Crippen LogP contribution in [0.15, 0.2) is 60.0 Å². The topological polar surface area (TPSA) is 104 Å². The molecule has 0 aliphatic heterocycles. The highest BCUT2D eigenvalue weighted by molar-refractivity contribution is 7.15. The first-order valence-electron chi connectivity index (χ1n) is 9.99. The number of hydrogen-bond acceptors (Lipinski definition) is 6. The average Bonchev–Trinajstić information content (AvgIpc) is 3.44. The van der Waals surface area contributed by atoms with Gasteiger partial charge in [0, 0.05) is 16.5 Å². The van der Waals surface area contributed by atoms with Gasteiger partial charge >= 0.3 is 5.97 Å². The van der Waals surface area contributed by atoms with Crippen LogP contribution in [0.1, 0.15) is 33.3 Å². The Morgan fingerprint density at radius 2 is 1.91 bits per heavy atom. The molecule has 0 fully saturated rings. The van der Waals surface area contributed by atoms with Crippen LogP contribution in [-0.4, -0.2) is 33.8 Å². The highest BCUT2D eigenvalue weighted by atomic mass is 32.1. The van der Waals surface area contributed by atoms with Crippen LogP contribution in [0.2, 0.25) is 0 Å². The number of benzene rings is 2. The Labute approximate surface area is 188 Å². The fraction of sp³-hybridized carbons (Fsp3) is 0.125. The molecule has 0 unspecified atom stereocenters. The number of anilines is 1. The number of aromatic nitrogens is 2. The molecule has 0 radical (unpaired) electrons. The van der Waals surface area contributed by atoms with E-state index in [4.69, 9.17) is 4.74 Å². The summed E-state index contributed by atoms with van der Waals surface area (Å²) in [4.78, 5) is 25.6. The second-order valence-corrected chi connectivity index (χ2v) is 7.91. The maximum absolute atomic E-state index is 12.9. The highest BCUT2D eigenvalue weighted by Crippen LogP contribution is 2.36. The summed E-state index contributed by atoms with van der Waals surface area (Å²) in [6, 6.07) is 16.3. The number of carbonyl (C=O) groups is 2. The molecule has 0 spiro atoms. The van der Waals surface area contributed by atoms with Crippen LogP contribution in [0.3, 0.4) is 0 Å². The number of aryl methyl sites for hydroxylation is 1. The van der Waals surface area contributed by atoms with Gasteiger partial charge in [-0.3, -0.25) is 9.89 Å². The molecule has 0 saturated heterocycles. The minimum absolute atomic E-state index is 0.112. The van der Waals surface area contributed by atoms with E-state index in [2.05, 4.69) is 15.5 Å². The molecule has 0 saturated carbocycles. The fourth-order valence-corrected chi connectivity index (χ4v) is 4.25. The van der Waals surface area contributed by atoms with Gasteiger partial charge in [0.2, 0.25) is 0 Å². The van der Waals surface area contributed by atoms with E-state index >= 15 is 0 Å². The molecule has 32 heavy (non-hydrogen) atoms. The Balaban J connectivity index is 1.64. The standard InChI is InChI=1S/C24H21N3O4S/c1-3-31-24(30)20-17(15-9-5-4-6-10-15)13-32-23(20)25-22(29)19-12-18(26-27-19)16-11-7-8-14(2)21(16)28/h4-13,28H,3H2,1-2H3,(H,25,29)(H,26,27). The van der Waals surface area contributed by atoms with Crippen molar-refractivity contribution >= 4 is 28.2 Å². The van der Waals surface area contributed by atoms with Crippen molar-refractivity contribution in [2.24, 2.45) is 0 Å². The number of phenolic OH excluding ortho intramolecular Hbond substituents is 1. The summed E-state index contributed by atoms with van der Waals surface area (Å²) in [6.07, 6.45) is 0. The zero-order valence-electron chi connectivity index (χ0n) is 17.5. The third kappa shape index (κ3) is 4.13. The second-order valence-electron chi connectivity index (χ2n) is 7.03. The summed E-state index contributed by atoms with van der Waals surface area (Å²) in [5, 5.41) is 22.1. The Morgan fingerprint density at radius 1 is 1.12 bits per heavy atom. The Hall–Kier alpha value is -3.91. The molecule has 0 bridgehead atoms. The Bertz CT molecular complexity index is 1280. The number of amides is 1. The number of hydrogen-bond donors (Lipinski definition) is 3. The molecule has 4 rings (SSSR count). The van der Waals surface area contributed by atoms with E-state index in [-0.39, 0.29) is 18.1 Å². The molecule has 2 aromatic heterocycles. The lowest BCUT2D eigenvalue weighted by molar-refractivity contribution is 0.0529. The zero-order chi connectivity index (χ0) is 22.7. The molecule has 162 valence electrons. The largest absolute Gasteiger partial charge is 0.507 e. The second kappa shape index (κ2) is 9.07. The molecule has 1 amide bonds. The van der Waals surface area contributed by atoms with Crippen molar-refractivity contribution in [3.05, 3.63) is 76.8 Å². The number of aromatic hydroxyl groups is 1. The number of nitrogens with zero attached hydrogens (tertiary/aromatic N) is 1. The number of H-pyrrole nitrogens is 1. The van der Waals surface area contributed by atoms with Crippen molar-refractivity contribution in [2.75, 3.05) is 11.9 Å². The summed E-state index contributed by atoms with van der Waals surface area (Å²) in [7, 11) is 0. The van der Waals surface area contributed by atoms with Gasteiger partial charge in [-0.15, -0.1) is 11.3 Å². The number of carbonyl (C=O) groups excluding carboxylic acids is 2. The smallest absolute Gasteiger partial charge is 0.341 e. The van der Waals surface area contributed by atoms with Gasteiger partial charge in [0.1, 0.15) is 22.0 Å². The van der Waals surface area contributed by atoms with Gasteiger partial charge in [-0.25, -0.2) is 4.79 Å². The average molecular weight is 448 g/mol. The summed E-state index contributed by atoms with van der Waals surface area (Å²) >= 11 is 1.25. The van der Waals surface area contributed by atoms with E-state index in [1.165, 1.54) is 11.3 Å². The number of ether oxygens (including phenoxy) is 1. The van der Waals surface area contributed by atoms with Gasteiger partial charge in [0.15, 0.2) is 0 Å². The van der Waals surface area contributed by atoms with Crippen molar-refractivity contribution in [1.29, 1.82) is 0 Å². The summed E-state index contributed by atoms with van der Waals surface area (Å²) in [6.45, 7) is 3.74. The van der Waals surface area contributed by atoms with E-state index < -0.39 is 11.9 Å². The van der Waals surface area contributed by atoms with Crippen LogP contribution in [0.4, 0.5) is 5.00 Å². The Morgan fingerprint density at radius 3 is 2.66 bits per heavy atom. The predicted octanol–water partition coefficient (Wildman–Crippen LogP) is 5.25. The predicted molar refractivity (Wildman–Crippen MR) is 124 cm³/mol. The molecule has 7 nitrogen and oxygen atoms in total. The first-order chi connectivity index (χ1) is 15.5. The monoisotopic (exact) mass is 447 g/mol. The van der Waals surface area contributed by atoms with Gasteiger partial charge in [0.05, 0.1) is 12.3 Å². The van der Waals surface area contributed by atoms with Crippen molar-refractivity contribution in [1.82, 2.24) is 10.2 Å². The molecule has 0 aliphatic carbocycles. The van der Waals surface area contributed by atoms with Gasteiger partial charge in [0.25, 0.3) is 5.91 Å². The van der Waals surface area contributed by atoms with Crippen LogP contribution in [0.5, 0.6) is 5.75 Å². The lowest BCUT2D eigenvalue weighted by Crippen LogP contribution is -2.15. The number of rotatable bonds is 6. The number of thiophene rings is 1. The number of phenols is 1. The van der Waals surface area contributed by atoms with Crippen molar-refractivity contribution in [3.8, 4) is 28.1 Å². The van der Waals surface area contributed by atoms with Crippen LogP contribution >= 0.6 is 11.3 Å². The molecule has 2 heterocycles. The molecule has 2 aromatic carbocycles. The maximum atomic E-state index is 12.9. The van der Waals surface area contributed by atoms with Crippen LogP contribution in [0, 0.1) is 6.92 Å². The minimum atomic E-state index is -0.502. The van der Waals surface area contributed by atoms with E-state index in [9.17, 15) is 14.7 Å². The molecular formula is C24H21N3O4S. The summed E-state index contributed by atoms with van der Waals surface area (Å²) < 4.78 is 5.23. The Kier molecular flexibility index (Phi) is 6.04. The summed E-state index contributed by atoms with van der Waals surface area (Å²) in [5.41, 5.74) is 3.74. The quantitative estimate of drug-likeness (QED) is 0.350. The number of aromatic amines is 1. The van der Waals surface area contributed by atoms with E-state index in [1.807, 2.05) is 35.7 Å². The first kappa shape index (κ1) is 21.3. The third-order valence-corrected chi connectivity index (χ3v) is 5.81. The van der Waals surface area contributed by atoms with Crippen LogP contribution in [-0.2, 0) is 4.74 Å². The van der Waals surface area contributed by atoms with E-state index in [0.29, 0.717) is 32.9 Å². The molecular weight excluding hydrogens is 426 g/mol. The molecule has 0 aliphatic rings. The minimum Gasteiger partial charge on any atom is -0.507 e. The molecule has 3 N–H and O–H groups in total. The molecule has 0 atom stereocenters. The molecule has 8 heteroatoms. The van der Waals surface area contributed by atoms with Crippen LogP contribution in [0.25, 0.3) is 22.4 Å². The third-order valence-electron chi connectivity index (χ3n) is 4.92. The van der Waals surface area contributed by atoms with Crippen molar-refractivity contribution < 1.29 is 19.4 Å². The lowest BCUT2D eigenvalue weighted by Gasteiger charge is -2.08. The highest BCUT2D eigenvalue weighted by Gasteiger charge is 2.24. The zero-order valence-corrected chi connectivity index (χ0v) is 18.3.